The predicted octanol–water partition coefficient (Wildman–Crippen LogP) is -3.19. The quantitative estimate of drug-likeness (QED) is 0.0541. The molecule has 3 aliphatic rings. The van der Waals surface area contributed by atoms with Crippen LogP contribution in [0.1, 0.15) is 18.1 Å². The average molecular weight is 787 g/mol. The van der Waals surface area contributed by atoms with Crippen LogP contribution >= 0.6 is 0 Å². The molecular formula is C35H46O20. The van der Waals surface area contributed by atoms with Crippen molar-refractivity contribution >= 4 is 12.0 Å². The summed E-state index contributed by atoms with van der Waals surface area (Å²) in [4.78, 5) is 13.3. The van der Waals surface area contributed by atoms with Gasteiger partial charge in [0.2, 0.25) is 0 Å². The molecule has 0 amide bonds. The molecular weight excluding hydrogens is 740 g/mol. The summed E-state index contributed by atoms with van der Waals surface area (Å²) in [5.74, 6) is -2.71. The van der Waals surface area contributed by atoms with Crippen LogP contribution in [0, 0.1) is 0 Å². The number of phenols is 4. The Labute approximate surface area is 313 Å². The number of phenolic OH excluding ortho intramolecular Hbond substituents is 4. The molecule has 0 aliphatic carbocycles. The first-order chi connectivity index (χ1) is 26.1. The van der Waals surface area contributed by atoms with Crippen molar-refractivity contribution < 1.29 is 99.2 Å². The second-order valence-corrected chi connectivity index (χ2v) is 13.3. The fourth-order valence-electron chi connectivity index (χ4n) is 6.14. The summed E-state index contributed by atoms with van der Waals surface area (Å²) in [7, 11) is 0. The first-order valence-corrected chi connectivity index (χ1v) is 17.2. The van der Waals surface area contributed by atoms with Crippen LogP contribution in [0.25, 0.3) is 6.08 Å². The van der Waals surface area contributed by atoms with E-state index < -0.39 is 123 Å². The van der Waals surface area contributed by atoms with E-state index in [1.807, 2.05) is 0 Å². The Morgan fingerprint density at radius 3 is 1.96 bits per heavy atom. The molecule has 20 nitrogen and oxygen atoms in total. The molecule has 306 valence electrons. The number of aliphatic hydroxyl groups excluding tert-OH is 8. The minimum absolute atomic E-state index is 0.111. The van der Waals surface area contributed by atoms with Crippen LogP contribution in [0.15, 0.2) is 42.5 Å². The Bertz CT molecular complexity index is 1610. The molecule has 2 aromatic rings. The highest BCUT2D eigenvalue weighted by Crippen LogP contribution is 2.33. The van der Waals surface area contributed by atoms with Crippen molar-refractivity contribution in [3.05, 3.63) is 53.6 Å². The number of hydrogen-bond acceptors (Lipinski definition) is 20. The maximum atomic E-state index is 13.3. The van der Waals surface area contributed by atoms with Gasteiger partial charge in [-0.25, -0.2) is 4.79 Å². The smallest absolute Gasteiger partial charge is 0.331 e. The number of ether oxygens (including phenoxy) is 7. The maximum Gasteiger partial charge on any atom is 0.331 e. The van der Waals surface area contributed by atoms with Gasteiger partial charge in [0.15, 0.2) is 48.0 Å². The predicted molar refractivity (Wildman–Crippen MR) is 180 cm³/mol. The van der Waals surface area contributed by atoms with Gasteiger partial charge in [-0.3, -0.25) is 0 Å². The summed E-state index contributed by atoms with van der Waals surface area (Å²) in [6.45, 7) is -0.254. The number of esters is 1. The number of benzene rings is 2. The van der Waals surface area contributed by atoms with E-state index in [-0.39, 0.29) is 30.1 Å². The van der Waals surface area contributed by atoms with Gasteiger partial charge in [0.05, 0.1) is 25.9 Å². The van der Waals surface area contributed by atoms with Gasteiger partial charge in [0.25, 0.3) is 0 Å². The van der Waals surface area contributed by atoms with E-state index in [1.54, 1.807) is 0 Å². The zero-order chi connectivity index (χ0) is 40.1. The molecule has 3 heterocycles. The molecule has 0 spiro atoms. The first-order valence-electron chi connectivity index (χ1n) is 17.2. The fourth-order valence-corrected chi connectivity index (χ4v) is 6.14. The van der Waals surface area contributed by atoms with Crippen LogP contribution in [-0.4, -0.2) is 179 Å². The summed E-state index contributed by atoms with van der Waals surface area (Å²) >= 11 is 0. The number of aromatic hydroxyl groups is 4. The van der Waals surface area contributed by atoms with Crippen LogP contribution in [0.4, 0.5) is 0 Å². The number of carbonyl (C=O) groups excluding carboxylic acids is 1. The first kappa shape index (κ1) is 42.4. The summed E-state index contributed by atoms with van der Waals surface area (Å²) in [5, 5.41) is 123. The Kier molecular flexibility index (Phi) is 14.3. The van der Waals surface area contributed by atoms with Crippen molar-refractivity contribution in [2.75, 3.05) is 19.8 Å². The van der Waals surface area contributed by atoms with Gasteiger partial charge in [-0.1, -0.05) is 12.1 Å². The van der Waals surface area contributed by atoms with Crippen molar-refractivity contribution in [3.63, 3.8) is 0 Å². The second-order valence-electron chi connectivity index (χ2n) is 13.3. The molecule has 0 unspecified atom stereocenters. The lowest BCUT2D eigenvalue weighted by Gasteiger charge is -2.47. The van der Waals surface area contributed by atoms with Crippen molar-refractivity contribution in [1.82, 2.24) is 0 Å². The van der Waals surface area contributed by atoms with E-state index in [4.69, 9.17) is 33.2 Å². The van der Waals surface area contributed by atoms with Crippen LogP contribution < -0.4 is 0 Å². The lowest BCUT2D eigenvalue weighted by molar-refractivity contribution is -0.364. The van der Waals surface area contributed by atoms with Gasteiger partial charge in [0.1, 0.15) is 61.0 Å². The third-order valence-electron chi connectivity index (χ3n) is 9.36. The lowest BCUT2D eigenvalue weighted by Crippen LogP contribution is -2.65. The highest BCUT2D eigenvalue weighted by Gasteiger charge is 2.53. The topological polar surface area (TPSA) is 324 Å². The molecule has 3 saturated heterocycles. The minimum Gasteiger partial charge on any atom is -0.504 e. The molecule has 20 heteroatoms. The molecule has 0 bridgehead atoms. The van der Waals surface area contributed by atoms with Crippen molar-refractivity contribution in [3.8, 4) is 23.0 Å². The molecule has 3 aliphatic heterocycles. The van der Waals surface area contributed by atoms with Crippen molar-refractivity contribution in [2.24, 2.45) is 0 Å². The van der Waals surface area contributed by atoms with E-state index >= 15 is 0 Å². The van der Waals surface area contributed by atoms with Gasteiger partial charge in [-0.05, 0) is 54.8 Å². The fraction of sp³-hybridized carbons (Fsp3) is 0.571. The highest BCUT2D eigenvalue weighted by molar-refractivity contribution is 5.87. The normalized spacial score (nSPS) is 36.9. The molecule has 2 aromatic carbocycles. The van der Waals surface area contributed by atoms with Crippen molar-refractivity contribution in [1.29, 1.82) is 0 Å². The summed E-state index contributed by atoms with van der Waals surface area (Å²) in [5.41, 5.74) is 0.773. The Balaban J connectivity index is 1.43. The molecule has 12 N–H and O–H groups in total. The monoisotopic (exact) mass is 786 g/mol. The van der Waals surface area contributed by atoms with E-state index in [9.17, 15) is 66.1 Å². The molecule has 55 heavy (non-hydrogen) atoms. The van der Waals surface area contributed by atoms with E-state index in [1.165, 1.54) is 43.3 Å². The van der Waals surface area contributed by atoms with Crippen LogP contribution in [0.5, 0.6) is 23.0 Å². The number of carbonyl (C=O) groups is 1. The van der Waals surface area contributed by atoms with Gasteiger partial charge in [-0.2, -0.15) is 0 Å². The molecule has 3 fully saturated rings. The van der Waals surface area contributed by atoms with E-state index in [0.717, 1.165) is 12.1 Å². The van der Waals surface area contributed by atoms with Crippen LogP contribution in [0.3, 0.4) is 0 Å². The van der Waals surface area contributed by atoms with Crippen molar-refractivity contribution in [2.45, 2.75) is 105 Å². The summed E-state index contributed by atoms with van der Waals surface area (Å²) in [6.07, 6.45) is -22.6. The summed E-state index contributed by atoms with van der Waals surface area (Å²) < 4.78 is 40.2. The third kappa shape index (κ3) is 10.0. The second kappa shape index (κ2) is 18.5. The Hall–Kier alpha value is -3.71. The molecule has 0 aromatic heterocycles. The van der Waals surface area contributed by atoms with Gasteiger partial charge < -0.3 is 94.4 Å². The number of aliphatic hydroxyl groups is 8. The zero-order valence-electron chi connectivity index (χ0n) is 29.2. The van der Waals surface area contributed by atoms with E-state index in [0.29, 0.717) is 5.56 Å². The van der Waals surface area contributed by atoms with Gasteiger partial charge >= 0.3 is 5.97 Å². The van der Waals surface area contributed by atoms with Crippen LogP contribution in [-0.2, 0) is 44.4 Å². The summed E-state index contributed by atoms with van der Waals surface area (Å²) in [6, 6.07) is 7.75. The SMILES string of the molecule is C[C@H]1O[C@@H](O[C@H]2[C@@H](O)[C@H](OCCc3ccc(O)c(O)c3)O[C@H](CO[C@H]3O[C@H](CO)[C@@H](O)[C@H](O)[C@H]3O)[C@H]2OC(=O)C=Cc2ccc(O)c(O)c2)[C@H](O)[C@H](O)[C@H]1O. The molecule has 0 saturated carbocycles. The highest BCUT2D eigenvalue weighted by atomic mass is 16.8. The molecule has 15 atom stereocenters. The lowest BCUT2D eigenvalue weighted by atomic mass is 9.96. The zero-order valence-corrected chi connectivity index (χ0v) is 29.2. The Morgan fingerprint density at radius 1 is 0.673 bits per heavy atom. The Morgan fingerprint density at radius 2 is 1.29 bits per heavy atom. The maximum absolute atomic E-state index is 13.3. The number of hydrogen-bond donors (Lipinski definition) is 12. The minimum atomic E-state index is -1.88. The molecule has 5 rings (SSSR count). The van der Waals surface area contributed by atoms with Gasteiger partial charge in [-0.15, -0.1) is 0 Å². The van der Waals surface area contributed by atoms with E-state index in [2.05, 4.69) is 0 Å². The average Bonchev–Trinajstić information content (AvgIpc) is 3.16. The third-order valence-corrected chi connectivity index (χ3v) is 9.36. The molecule has 0 radical (unpaired) electrons. The van der Waals surface area contributed by atoms with Crippen LogP contribution in [0.2, 0.25) is 0 Å². The largest absolute Gasteiger partial charge is 0.504 e. The standard InChI is InChI=1S/C35H46O20/c1-14-24(42)26(44)29(47)35(51-14)55-32-30(48)34(49-9-8-16-3-6-18(38)20(40)11-16)53-22(13-50-33-28(46)27(45)25(43)21(12-36)52-33)31(32)54-23(41)7-4-15-2-5-17(37)19(39)10-15/h2-7,10-11,14,21-22,24-40,42-48H,8-9,12-13H2,1H3/t14-,21-,22-,24+,25-,26-,27+,28-,29-,30-,31-,32+,33+,34-,35+/m1/s1. The van der Waals surface area contributed by atoms with Gasteiger partial charge in [0, 0.05) is 6.08 Å². The number of rotatable bonds is 13.